The van der Waals surface area contributed by atoms with Gasteiger partial charge in [-0.25, -0.2) is 0 Å². The van der Waals surface area contributed by atoms with Crippen molar-refractivity contribution in [3.05, 3.63) is 70.3 Å². The monoisotopic (exact) mass is 422 g/mol. The van der Waals surface area contributed by atoms with Gasteiger partial charge in [0.25, 0.3) is 0 Å². The minimum atomic E-state index is -0.00525. The molecule has 1 aliphatic rings. The van der Waals surface area contributed by atoms with Crippen molar-refractivity contribution in [3.8, 4) is 0 Å². The number of benzene rings is 2. The molecular weight excluding hydrogens is 380 g/mol. The van der Waals surface area contributed by atoms with Gasteiger partial charge in [-0.05, 0) is 97.9 Å². The highest BCUT2D eigenvalue weighted by atomic mass is 16.3. The van der Waals surface area contributed by atoms with Crippen molar-refractivity contribution >= 4 is 0 Å². The normalized spacial score (nSPS) is 19.1. The molecule has 2 heteroatoms. The smallest absolute Gasteiger partial charge is 0.0481 e. The molecular formula is C29H42O2. The summed E-state index contributed by atoms with van der Waals surface area (Å²) >= 11 is 0. The number of hydrogen-bond acceptors (Lipinski definition) is 2. The Balaban J connectivity index is 1.49. The lowest BCUT2D eigenvalue weighted by Crippen LogP contribution is -2.13. The summed E-state index contributed by atoms with van der Waals surface area (Å²) in [6.07, 6.45) is 12.2. The first-order valence-corrected chi connectivity index (χ1v) is 12.5. The summed E-state index contributed by atoms with van der Waals surface area (Å²) in [6, 6.07) is 16.2. The third-order valence-corrected chi connectivity index (χ3v) is 7.44. The van der Waals surface area contributed by atoms with Crippen LogP contribution in [0.2, 0.25) is 0 Å². The number of hydrogen-bond donors (Lipinski definition) is 2. The summed E-state index contributed by atoms with van der Waals surface area (Å²) in [4.78, 5) is 0. The zero-order chi connectivity index (χ0) is 22.1. The van der Waals surface area contributed by atoms with Crippen molar-refractivity contribution in [1.82, 2.24) is 0 Å². The van der Waals surface area contributed by atoms with Gasteiger partial charge in [0.15, 0.2) is 0 Å². The molecule has 1 saturated carbocycles. The Bertz CT molecular complexity index is 768. The largest absolute Gasteiger partial charge is 0.396 e. The van der Waals surface area contributed by atoms with E-state index in [9.17, 15) is 10.2 Å². The minimum absolute atomic E-state index is 0.00525. The van der Waals surface area contributed by atoms with Gasteiger partial charge >= 0.3 is 0 Å². The van der Waals surface area contributed by atoms with Crippen LogP contribution in [0.4, 0.5) is 0 Å². The highest BCUT2D eigenvalue weighted by molar-refractivity contribution is 5.33. The van der Waals surface area contributed by atoms with Crippen LogP contribution < -0.4 is 0 Å². The van der Waals surface area contributed by atoms with Crippen molar-refractivity contribution in [2.75, 3.05) is 13.2 Å². The third kappa shape index (κ3) is 7.19. The van der Waals surface area contributed by atoms with E-state index in [-0.39, 0.29) is 19.1 Å². The molecule has 1 fully saturated rings. The minimum Gasteiger partial charge on any atom is -0.396 e. The molecule has 2 nitrogen and oxygen atoms in total. The molecule has 0 bridgehead atoms. The molecule has 0 aromatic heterocycles. The molecule has 0 spiro atoms. The second-order valence-corrected chi connectivity index (χ2v) is 9.78. The van der Waals surface area contributed by atoms with Crippen LogP contribution in [0.15, 0.2) is 42.5 Å². The van der Waals surface area contributed by atoms with Crippen LogP contribution in [-0.2, 0) is 19.3 Å². The van der Waals surface area contributed by atoms with E-state index in [4.69, 9.17) is 0 Å². The highest BCUT2D eigenvalue weighted by Crippen LogP contribution is 2.37. The zero-order valence-corrected chi connectivity index (χ0v) is 19.7. The van der Waals surface area contributed by atoms with E-state index in [0.29, 0.717) is 0 Å². The van der Waals surface area contributed by atoms with Crippen molar-refractivity contribution in [2.45, 2.75) is 84.0 Å². The fraction of sp³-hybridized carbons (Fsp3) is 0.586. The Morgan fingerprint density at radius 3 is 2.13 bits per heavy atom. The quantitative estimate of drug-likeness (QED) is 0.440. The first-order chi connectivity index (χ1) is 15.1. The van der Waals surface area contributed by atoms with Gasteiger partial charge in [-0.2, -0.15) is 0 Å². The molecule has 2 aromatic rings. The van der Waals surface area contributed by atoms with E-state index < -0.39 is 0 Å². The maximum absolute atomic E-state index is 9.24. The van der Waals surface area contributed by atoms with Crippen LogP contribution in [0.25, 0.3) is 0 Å². The van der Waals surface area contributed by atoms with Gasteiger partial charge in [-0.15, -0.1) is 0 Å². The SMILES string of the molecule is CCCC1CCC(c2ccc(CCc3ccc(CCC(CO)CO)cc3C)cc2)CC1. The second kappa shape index (κ2) is 12.4. The Kier molecular flexibility index (Phi) is 9.61. The first-order valence-electron chi connectivity index (χ1n) is 12.5. The molecule has 0 atom stereocenters. The van der Waals surface area contributed by atoms with Gasteiger partial charge in [-0.3, -0.25) is 0 Å². The maximum Gasteiger partial charge on any atom is 0.0481 e. The van der Waals surface area contributed by atoms with Crippen molar-refractivity contribution in [2.24, 2.45) is 11.8 Å². The molecule has 0 radical (unpaired) electrons. The van der Waals surface area contributed by atoms with E-state index in [2.05, 4.69) is 56.3 Å². The van der Waals surface area contributed by atoms with Gasteiger partial charge in [0.2, 0.25) is 0 Å². The predicted molar refractivity (Wildman–Crippen MR) is 131 cm³/mol. The van der Waals surface area contributed by atoms with Gasteiger partial charge in [0, 0.05) is 19.1 Å². The summed E-state index contributed by atoms with van der Waals surface area (Å²) in [5.41, 5.74) is 7.04. The van der Waals surface area contributed by atoms with Crippen LogP contribution >= 0.6 is 0 Å². The van der Waals surface area contributed by atoms with Crippen LogP contribution in [0.5, 0.6) is 0 Å². The summed E-state index contributed by atoms with van der Waals surface area (Å²) in [5, 5.41) is 18.5. The lowest BCUT2D eigenvalue weighted by molar-refractivity contribution is 0.144. The van der Waals surface area contributed by atoms with E-state index >= 15 is 0 Å². The van der Waals surface area contributed by atoms with Crippen molar-refractivity contribution < 1.29 is 10.2 Å². The lowest BCUT2D eigenvalue weighted by Gasteiger charge is -2.28. The molecule has 0 unspecified atom stereocenters. The standard InChI is InChI=1S/C29H42O2/c1-3-4-23-8-15-28(16-9-23)29-17-10-24(11-18-29)7-13-27-14-12-25(19-22(27)2)5-6-26(20-30)21-31/h10-12,14,17-19,23,26,28,30-31H,3-9,13,15-16,20-21H2,1-2H3. The number of aliphatic hydroxyl groups excluding tert-OH is 2. The Morgan fingerprint density at radius 1 is 0.839 bits per heavy atom. The Hall–Kier alpha value is -1.64. The third-order valence-electron chi connectivity index (χ3n) is 7.44. The van der Waals surface area contributed by atoms with Gasteiger partial charge in [0.1, 0.15) is 0 Å². The second-order valence-electron chi connectivity index (χ2n) is 9.78. The fourth-order valence-electron chi connectivity index (χ4n) is 5.23. The van der Waals surface area contributed by atoms with E-state index in [1.807, 2.05) is 0 Å². The van der Waals surface area contributed by atoms with E-state index in [0.717, 1.165) is 37.5 Å². The topological polar surface area (TPSA) is 40.5 Å². The molecule has 2 aromatic carbocycles. The average molecular weight is 423 g/mol. The van der Waals surface area contributed by atoms with Crippen molar-refractivity contribution in [1.29, 1.82) is 0 Å². The van der Waals surface area contributed by atoms with E-state index in [1.54, 1.807) is 5.56 Å². The van der Waals surface area contributed by atoms with Gasteiger partial charge in [0.05, 0.1) is 0 Å². The molecule has 0 saturated heterocycles. The van der Waals surface area contributed by atoms with Crippen LogP contribution in [0, 0.1) is 18.8 Å². The molecule has 170 valence electrons. The summed E-state index contributed by atoms with van der Waals surface area (Å²) < 4.78 is 0. The molecule has 0 amide bonds. The highest BCUT2D eigenvalue weighted by Gasteiger charge is 2.21. The fourth-order valence-corrected chi connectivity index (χ4v) is 5.23. The number of aryl methyl sites for hydroxylation is 4. The molecule has 0 aliphatic heterocycles. The zero-order valence-electron chi connectivity index (χ0n) is 19.7. The maximum atomic E-state index is 9.24. The average Bonchev–Trinajstić information content (AvgIpc) is 2.80. The first kappa shape index (κ1) is 24.0. The summed E-state index contributed by atoms with van der Waals surface area (Å²) in [6.45, 7) is 4.64. The van der Waals surface area contributed by atoms with Crippen LogP contribution in [0.3, 0.4) is 0 Å². The summed E-state index contributed by atoms with van der Waals surface area (Å²) in [5.74, 6) is 1.74. The molecule has 31 heavy (non-hydrogen) atoms. The van der Waals surface area contributed by atoms with Crippen molar-refractivity contribution in [3.63, 3.8) is 0 Å². The summed E-state index contributed by atoms with van der Waals surface area (Å²) in [7, 11) is 0. The molecule has 1 aliphatic carbocycles. The molecule has 2 N–H and O–H groups in total. The molecule has 3 rings (SSSR count). The van der Waals surface area contributed by atoms with Crippen LogP contribution in [0.1, 0.15) is 85.6 Å². The Morgan fingerprint density at radius 2 is 1.52 bits per heavy atom. The lowest BCUT2D eigenvalue weighted by atomic mass is 9.77. The van der Waals surface area contributed by atoms with E-state index in [1.165, 1.54) is 60.8 Å². The van der Waals surface area contributed by atoms with Gasteiger partial charge < -0.3 is 10.2 Å². The number of aliphatic hydroxyl groups is 2. The van der Waals surface area contributed by atoms with Crippen LogP contribution in [-0.4, -0.2) is 23.4 Å². The number of rotatable bonds is 11. The molecule has 0 heterocycles. The van der Waals surface area contributed by atoms with Gasteiger partial charge in [-0.1, -0.05) is 62.2 Å². The predicted octanol–water partition coefficient (Wildman–Crippen LogP) is 6.39. The Labute approximate surface area is 189 Å².